The van der Waals surface area contributed by atoms with E-state index in [1.165, 1.54) is 5.56 Å². The highest BCUT2D eigenvalue weighted by Gasteiger charge is 2.34. The Kier molecular flexibility index (Phi) is 7.76. The van der Waals surface area contributed by atoms with Crippen molar-refractivity contribution in [3.63, 3.8) is 0 Å². The molecule has 1 aliphatic rings. The van der Waals surface area contributed by atoms with Crippen LogP contribution in [0, 0.1) is 5.92 Å². The monoisotopic (exact) mass is 361 g/mol. The molecule has 1 fully saturated rings. The van der Waals surface area contributed by atoms with E-state index in [9.17, 15) is 0 Å². The van der Waals surface area contributed by atoms with Crippen LogP contribution in [0.1, 0.15) is 46.1 Å². The molecule has 1 atom stereocenters. The summed E-state index contributed by atoms with van der Waals surface area (Å²) in [4.78, 5) is 4.96. The Balaban J connectivity index is 2.21. The highest BCUT2D eigenvalue weighted by Crippen LogP contribution is 2.36. The van der Waals surface area contributed by atoms with Gasteiger partial charge in [-0.05, 0) is 50.3 Å². The molecule has 0 aromatic heterocycles. The van der Waals surface area contributed by atoms with Crippen molar-refractivity contribution in [1.82, 2.24) is 10.6 Å². The van der Waals surface area contributed by atoms with Crippen molar-refractivity contribution in [2.75, 3.05) is 33.4 Å². The third kappa shape index (κ3) is 5.37. The molecule has 1 saturated heterocycles. The number of methoxy groups -OCH3 is 1. The fourth-order valence-electron chi connectivity index (χ4n) is 3.18. The van der Waals surface area contributed by atoms with Crippen molar-refractivity contribution >= 4 is 5.96 Å². The highest BCUT2D eigenvalue weighted by atomic mass is 16.5. The number of aliphatic imine (C=N–C) groups is 1. The van der Waals surface area contributed by atoms with Gasteiger partial charge in [0.05, 0.1) is 13.7 Å². The van der Waals surface area contributed by atoms with E-state index < -0.39 is 0 Å². The second-order valence-corrected chi connectivity index (χ2v) is 7.49. The van der Waals surface area contributed by atoms with Gasteiger partial charge in [0, 0.05) is 31.2 Å². The smallest absolute Gasteiger partial charge is 0.191 e. The maximum atomic E-state index is 5.64. The summed E-state index contributed by atoms with van der Waals surface area (Å²) >= 11 is 0. The average molecular weight is 362 g/mol. The lowest BCUT2D eigenvalue weighted by Gasteiger charge is -2.37. The lowest BCUT2D eigenvalue weighted by molar-refractivity contribution is 0.0531. The van der Waals surface area contributed by atoms with E-state index in [2.05, 4.69) is 50.5 Å². The largest absolute Gasteiger partial charge is 0.497 e. The lowest BCUT2D eigenvalue weighted by atomic mass is 9.74. The van der Waals surface area contributed by atoms with Crippen molar-refractivity contribution in [2.24, 2.45) is 10.9 Å². The molecule has 1 aliphatic heterocycles. The maximum Gasteiger partial charge on any atom is 0.191 e. The summed E-state index contributed by atoms with van der Waals surface area (Å²) in [6.45, 7) is 11.9. The Labute approximate surface area is 158 Å². The first-order valence-corrected chi connectivity index (χ1v) is 9.78. The van der Waals surface area contributed by atoms with Gasteiger partial charge in [0.25, 0.3) is 0 Å². The van der Waals surface area contributed by atoms with Crippen LogP contribution < -0.4 is 15.4 Å². The molecule has 1 unspecified atom stereocenters. The first-order valence-electron chi connectivity index (χ1n) is 9.78. The fourth-order valence-corrected chi connectivity index (χ4v) is 3.18. The van der Waals surface area contributed by atoms with E-state index in [4.69, 9.17) is 14.5 Å². The summed E-state index contributed by atoms with van der Waals surface area (Å²) in [7, 11) is 1.70. The number of nitrogens with one attached hydrogen (secondary N) is 2. The Bertz CT molecular complexity index is 563. The van der Waals surface area contributed by atoms with Gasteiger partial charge in [-0.3, -0.25) is 4.99 Å². The molecule has 1 aromatic rings. The van der Waals surface area contributed by atoms with E-state index in [1.54, 1.807) is 7.11 Å². The van der Waals surface area contributed by atoms with Crippen LogP contribution in [0.15, 0.2) is 29.3 Å². The highest BCUT2D eigenvalue weighted by molar-refractivity contribution is 5.80. The zero-order chi connectivity index (χ0) is 19.0. The van der Waals surface area contributed by atoms with Gasteiger partial charge < -0.3 is 20.1 Å². The molecule has 0 spiro atoms. The zero-order valence-electron chi connectivity index (χ0n) is 17.0. The summed E-state index contributed by atoms with van der Waals surface area (Å²) in [6, 6.07) is 8.81. The molecule has 2 rings (SSSR count). The normalized spacial score (nSPS) is 18.5. The zero-order valence-corrected chi connectivity index (χ0v) is 17.0. The number of nitrogens with zero attached hydrogens (tertiary/aromatic N) is 1. The van der Waals surface area contributed by atoms with Crippen LogP contribution >= 0.6 is 0 Å². The Hall–Kier alpha value is -1.75. The van der Waals surface area contributed by atoms with Gasteiger partial charge in [0.15, 0.2) is 5.96 Å². The van der Waals surface area contributed by atoms with Crippen LogP contribution in [0.2, 0.25) is 0 Å². The Morgan fingerprint density at radius 1 is 1.19 bits per heavy atom. The van der Waals surface area contributed by atoms with Crippen molar-refractivity contribution in [1.29, 1.82) is 0 Å². The summed E-state index contributed by atoms with van der Waals surface area (Å²) in [5.41, 5.74) is 1.34. The fraction of sp³-hybridized carbons (Fsp3) is 0.667. The maximum absolute atomic E-state index is 5.64. The van der Waals surface area contributed by atoms with Gasteiger partial charge in [-0.2, -0.15) is 0 Å². The van der Waals surface area contributed by atoms with Gasteiger partial charge in [-0.1, -0.05) is 26.0 Å². The van der Waals surface area contributed by atoms with Gasteiger partial charge in [0.2, 0.25) is 0 Å². The summed E-state index contributed by atoms with van der Waals surface area (Å²) < 4.78 is 11.0. The average Bonchev–Trinajstić information content (AvgIpc) is 2.67. The SMILES string of the molecule is CCNC(=NCC1(c2ccc(OC)cc2)CCOCC1)NC(C)C(C)C. The Morgan fingerprint density at radius 2 is 1.85 bits per heavy atom. The quantitative estimate of drug-likeness (QED) is 0.578. The molecule has 5 nitrogen and oxygen atoms in total. The molecular formula is C21H35N3O2. The molecule has 1 heterocycles. The third-order valence-corrected chi connectivity index (χ3v) is 5.40. The van der Waals surface area contributed by atoms with Crippen molar-refractivity contribution in [3.8, 4) is 5.75 Å². The number of rotatable bonds is 7. The first-order chi connectivity index (χ1) is 12.5. The molecule has 146 valence electrons. The number of guanidine groups is 1. The third-order valence-electron chi connectivity index (χ3n) is 5.40. The number of hydrogen-bond donors (Lipinski definition) is 2. The van der Waals surface area contributed by atoms with Gasteiger partial charge in [-0.15, -0.1) is 0 Å². The molecule has 0 bridgehead atoms. The van der Waals surface area contributed by atoms with Crippen LogP contribution in [-0.4, -0.2) is 45.4 Å². The minimum Gasteiger partial charge on any atom is -0.497 e. The van der Waals surface area contributed by atoms with E-state index >= 15 is 0 Å². The molecular weight excluding hydrogens is 326 g/mol. The minimum absolute atomic E-state index is 0.0218. The molecule has 0 saturated carbocycles. The van der Waals surface area contributed by atoms with Crippen LogP contribution in [-0.2, 0) is 10.2 Å². The van der Waals surface area contributed by atoms with Crippen LogP contribution in [0.4, 0.5) is 0 Å². The molecule has 0 aliphatic carbocycles. The topological polar surface area (TPSA) is 54.9 Å². The second-order valence-electron chi connectivity index (χ2n) is 7.49. The van der Waals surface area contributed by atoms with Gasteiger partial charge in [0.1, 0.15) is 5.75 Å². The van der Waals surface area contributed by atoms with E-state index in [0.717, 1.165) is 50.9 Å². The molecule has 26 heavy (non-hydrogen) atoms. The molecule has 0 radical (unpaired) electrons. The van der Waals surface area contributed by atoms with Crippen LogP contribution in [0.25, 0.3) is 0 Å². The van der Waals surface area contributed by atoms with E-state index in [-0.39, 0.29) is 5.41 Å². The standard InChI is InChI=1S/C21H35N3O2/c1-6-22-20(24-17(4)16(2)3)23-15-21(11-13-26-14-12-21)18-7-9-19(25-5)10-8-18/h7-10,16-17H,6,11-15H2,1-5H3,(H2,22,23,24). The van der Waals surface area contributed by atoms with Crippen LogP contribution in [0.3, 0.4) is 0 Å². The van der Waals surface area contributed by atoms with E-state index in [1.807, 2.05) is 12.1 Å². The summed E-state index contributed by atoms with van der Waals surface area (Å²) in [6.07, 6.45) is 1.98. The first kappa shape index (κ1) is 20.6. The number of hydrogen-bond acceptors (Lipinski definition) is 3. The Morgan fingerprint density at radius 3 is 2.38 bits per heavy atom. The number of benzene rings is 1. The minimum atomic E-state index is 0.0218. The predicted molar refractivity (Wildman–Crippen MR) is 108 cm³/mol. The lowest BCUT2D eigenvalue weighted by Crippen LogP contribution is -2.45. The summed E-state index contributed by atoms with van der Waals surface area (Å²) in [5, 5.41) is 6.91. The van der Waals surface area contributed by atoms with Gasteiger partial charge in [-0.25, -0.2) is 0 Å². The molecule has 2 N–H and O–H groups in total. The number of ether oxygens (including phenoxy) is 2. The van der Waals surface area contributed by atoms with Crippen molar-refractivity contribution < 1.29 is 9.47 Å². The van der Waals surface area contributed by atoms with Crippen LogP contribution in [0.5, 0.6) is 5.75 Å². The van der Waals surface area contributed by atoms with Gasteiger partial charge >= 0.3 is 0 Å². The molecule has 5 heteroatoms. The second kappa shape index (κ2) is 9.81. The van der Waals surface area contributed by atoms with Crippen molar-refractivity contribution in [2.45, 2.75) is 52.0 Å². The van der Waals surface area contributed by atoms with Crippen molar-refractivity contribution in [3.05, 3.63) is 29.8 Å². The van der Waals surface area contributed by atoms with E-state index in [0.29, 0.717) is 12.0 Å². The molecule has 0 amide bonds. The summed E-state index contributed by atoms with van der Waals surface area (Å²) in [5.74, 6) is 2.34. The predicted octanol–water partition coefficient (Wildman–Crippen LogP) is 3.34. The molecule has 1 aromatic carbocycles.